The van der Waals surface area contributed by atoms with Gasteiger partial charge in [-0.2, -0.15) is 0 Å². The predicted molar refractivity (Wildman–Crippen MR) is 130 cm³/mol. The largest absolute Gasteiger partial charge is 0.481 e. The molecule has 16 nitrogen and oxygen atoms in total. The number of carbonyl (C=O) groups is 6. The van der Waals surface area contributed by atoms with Crippen molar-refractivity contribution in [3.8, 4) is 0 Å². The summed E-state index contributed by atoms with van der Waals surface area (Å²) in [7, 11) is 0. The van der Waals surface area contributed by atoms with Crippen LogP contribution < -0.4 is 38.5 Å². The third-order valence-corrected chi connectivity index (χ3v) is 5.53. The molecule has 0 aromatic carbocycles. The number of nitrogens with two attached hydrogens (primary N) is 3. The molecule has 1 saturated heterocycles. The first-order valence-electron chi connectivity index (χ1n) is 11.8. The minimum Gasteiger partial charge on any atom is -0.481 e. The van der Waals surface area contributed by atoms with Gasteiger partial charge in [-0.3, -0.25) is 29.0 Å². The summed E-state index contributed by atoms with van der Waals surface area (Å²) >= 11 is 0. The summed E-state index contributed by atoms with van der Waals surface area (Å²) in [6.45, 7) is 0.824. The minimum atomic E-state index is -1.49. The van der Waals surface area contributed by atoms with Gasteiger partial charge in [0.15, 0.2) is 5.96 Å². The maximum atomic E-state index is 13.1. The number of carboxylic acids is 2. The average molecular weight is 529 g/mol. The molecule has 4 unspecified atom stereocenters. The van der Waals surface area contributed by atoms with Crippen molar-refractivity contribution in [2.45, 2.75) is 75.5 Å². The van der Waals surface area contributed by atoms with Crippen LogP contribution in [0.15, 0.2) is 4.99 Å². The van der Waals surface area contributed by atoms with E-state index < -0.39 is 66.2 Å². The summed E-state index contributed by atoms with van der Waals surface area (Å²) in [4.78, 5) is 75.9. The molecule has 0 aromatic rings. The number of carbonyl (C=O) groups excluding carboxylic acids is 4. The Morgan fingerprint density at radius 2 is 1.46 bits per heavy atom. The van der Waals surface area contributed by atoms with Crippen molar-refractivity contribution < 1.29 is 39.0 Å². The molecule has 0 radical (unpaired) electrons. The summed E-state index contributed by atoms with van der Waals surface area (Å²) in [5.41, 5.74) is 15.6. The molecule has 4 atom stereocenters. The predicted octanol–water partition coefficient (Wildman–Crippen LogP) is -3.54. The number of rotatable bonds is 17. The zero-order chi connectivity index (χ0) is 28.0. The Kier molecular flexibility index (Phi) is 13.4. The molecule has 0 aromatic heterocycles. The van der Waals surface area contributed by atoms with Gasteiger partial charge >= 0.3 is 11.9 Å². The first-order valence-corrected chi connectivity index (χ1v) is 11.8. The van der Waals surface area contributed by atoms with Crippen LogP contribution in [0.25, 0.3) is 0 Å². The van der Waals surface area contributed by atoms with E-state index in [2.05, 4.69) is 26.3 Å². The van der Waals surface area contributed by atoms with Crippen molar-refractivity contribution in [3.05, 3.63) is 0 Å². The first kappa shape index (κ1) is 31.1. The zero-order valence-corrected chi connectivity index (χ0v) is 20.4. The molecule has 208 valence electrons. The maximum absolute atomic E-state index is 13.1. The van der Waals surface area contributed by atoms with E-state index in [9.17, 15) is 33.9 Å². The van der Waals surface area contributed by atoms with Gasteiger partial charge in [0, 0.05) is 19.4 Å². The number of guanidine groups is 1. The van der Waals surface area contributed by atoms with Gasteiger partial charge < -0.3 is 48.7 Å². The second kappa shape index (κ2) is 15.9. The standard InChI is InChI=1S/C21H36N8O8/c22-15(30)7-5-14(20(36)37)29-19(35)13(6-8-16(31)32)28-18(34)12(4-2-10-26-21(23)24)27-17(33)11-3-1-9-25-11/h11-14,25H,1-10H2,(H2,22,30)(H,27,33)(H,28,34)(H,29,35)(H,31,32)(H,36,37)(H4,23,24,26). The number of hydrogen-bond donors (Lipinski definition) is 9. The summed E-state index contributed by atoms with van der Waals surface area (Å²) in [6, 6.07) is -4.51. The third-order valence-electron chi connectivity index (χ3n) is 5.53. The lowest BCUT2D eigenvalue weighted by molar-refractivity contribution is -0.143. The van der Waals surface area contributed by atoms with Crippen LogP contribution in [0.4, 0.5) is 0 Å². The van der Waals surface area contributed by atoms with Crippen LogP contribution in [-0.2, 0) is 28.8 Å². The van der Waals surface area contributed by atoms with E-state index in [1.807, 2.05) is 0 Å². The Balaban J connectivity index is 2.99. The van der Waals surface area contributed by atoms with Crippen LogP contribution >= 0.6 is 0 Å². The SMILES string of the molecule is NC(=O)CCC(NC(=O)C(CCC(=O)O)NC(=O)C(CCCN=C(N)N)NC(=O)C1CCCN1)C(=O)O. The normalized spacial score (nSPS) is 17.0. The van der Waals surface area contributed by atoms with Gasteiger partial charge in [0.05, 0.1) is 6.04 Å². The van der Waals surface area contributed by atoms with Crippen molar-refractivity contribution in [3.63, 3.8) is 0 Å². The molecule has 0 aliphatic carbocycles. The molecule has 1 rings (SSSR count). The highest BCUT2D eigenvalue weighted by atomic mass is 16.4. The van der Waals surface area contributed by atoms with Gasteiger partial charge in [0.2, 0.25) is 23.6 Å². The molecule has 4 amide bonds. The molecule has 0 spiro atoms. The number of hydrogen-bond acceptors (Lipinski definition) is 8. The first-order chi connectivity index (χ1) is 17.4. The third kappa shape index (κ3) is 12.5. The van der Waals surface area contributed by atoms with Crippen molar-refractivity contribution >= 4 is 41.5 Å². The lowest BCUT2D eigenvalue weighted by Crippen LogP contribution is -2.57. The highest BCUT2D eigenvalue weighted by molar-refractivity contribution is 5.94. The number of primary amides is 1. The van der Waals surface area contributed by atoms with Gasteiger partial charge in [-0.05, 0) is 45.1 Å². The van der Waals surface area contributed by atoms with Crippen LogP contribution in [0.3, 0.4) is 0 Å². The Morgan fingerprint density at radius 1 is 0.865 bits per heavy atom. The van der Waals surface area contributed by atoms with Crippen LogP contribution in [-0.4, -0.2) is 89.0 Å². The number of carboxylic acid groups (broad SMARTS) is 2. The zero-order valence-electron chi connectivity index (χ0n) is 20.4. The number of nitrogens with zero attached hydrogens (tertiary/aromatic N) is 1. The number of amides is 4. The van der Waals surface area contributed by atoms with E-state index in [1.165, 1.54) is 0 Å². The van der Waals surface area contributed by atoms with Crippen LogP contribution in [0.5, 0.6) is 0 Å². The van der Waals surface area contributed by atoms with Crippen molar-refractivity contribution in [1.29, 1.82) is 0 Å². The molecule has 1 aliphatic rings. The second-order valence-electron chi connectivity index (χ2n) is 8.56. The lowest BCUT2D eigenvalue weighted by Gasteiger charge is -2.25. The quantitative estimate of drug-likeness (QED) is 0.0506. The van der Waals surface area contributed by atoms with E-state index in [4.69, 9.17) is 22.3 Å². The minimum absolute atomic E-state index is 0.102. The highest BCUT2D eigenvalue weighted by Gasteiger charge is 2.31. The number of aliphatic carboxylic acids is 2. The van der Waals surface area contributed by atoms with E-state index in [1.54, 1.807) is 0 Å². The van der Waals surface area contributed by atoms with Crippen LogP contribution in [0.1, 0.15) is 51.4 Å². The molecular weight excluding hydrogens is 492 g/mol. The average Bonchev–Trinajstić information content (AvgIpc) is 3.35. The molecule has 12 N–H and O–H groups in total. The Hall–Kier alpha value is -3.95. The highest BCUT2D eigenvalue weighted by Crippen LogP contribution is 2.08. The second-order valence-corrected chi connectivity index (χ2v) is 8.56. The molecule has 1 heterocycles. The molecule has 16 heteroatoms. The fourth-order valence-electron chi connectivity index (χ4n) is 3.58. The van der Waals surface area contributed by atoms with Crippen LogP contribution in [0, 0.1) is 0 Å². The van der Waals surface area contributed by atoms with E-state index >= 15 is 0 Å². The summed E-state index contributed by atoms with van der Waals surface area (Å²) in [5, 5.41) is 28.6. The molecule has 1 aliphatic heterocycles. The Labute approximate surface area is 213 Å². The number of nitrogens with one attached hydrogen (secondary N) is 4. The summed E-state index contributed by atoms with van der Waals surface area (Å²) in [5.74, 6) is -5.75. The monoisotopic (exact) mass is 528 g/mol. The molecular formula is C21H36N8O8. The molecule has 0 saturated carbocycles. The molecule has 0 bridgehead atoms. The van der Waals surface area contributed by atoms with E-state index in [-0.39, 0.29) is 38.2 Å². The van der Waals surface area contributed by atoms with Gasteiger partial charge in [-0.1, -0.05) is 0 Å². The topological polar surface area (TPSA) is 281 Å². The van der Waals surface area contributed by atoms with Crippen molar-refractivity contribution in [2.75, 3.05) is 13.1 Å². The van der Waals surface area contributed by atoms with Gasteiger partial charge in [0.1, 0.15) is 18.1 Å². The number of aliphatic imine (C=N–C) groups is 1. The Bertz CT molecular complexity index is 871. The Morgan fingerprint density at radius 3 is 1.97 bits per heavy atom. The van der Waals surface area contributed by atoms with E-state index in [0.717, 1.165) is 6.42 Å². The van der Waals surface area contributed by atoms with Crippen LogP contribution in [0.2, 0.25) is 0 Å². The van der Waals surface area contributed by atoms with Gasteiger partial charge in [-0.15, -0.1) is 0 Å². The van der Waals surface area contributed by atoms with Gasteiger partial charge in [0.25, 0.3) is 0 Å². The van der Waals surface area contributed by atoms with Gasteiger partial charge in [-0.25, -0.2) is 4.79 Å². The summed E-state index contributed by atoms with van der Waals surface area (Å²) < 4.78 is 0. The fraction of sp³-hybridized carbons (Fsp3) is 0.667. The maximum Gasteiger partial charge on any atom is 0.326 e. The molecule has 1 fully saturated rings. The smallest absolute Gasteiger partial charge is 0.326 e. The summed E-state index contributed by atoms with van der Waals surface area (Å²) in [6.07, 6.45) is 0.297. The van der Waals surface area contributed by atoms with E-state index in [0.29, 0.717) is 19.4 Å². The fourth-order valence-corrected chi connectivity index (χ4v) is 3.58. The van der Waals surface area contributed by atoms with Crippen molar-refractivity contribution in [2.24, 2.45) is 22.2 Å². The molecule has 37 heavy (non-hydrogen) atoms. The van der Waals surface area contributed by atoms with Crippen molar-refractivity contribution in [1.82, 2.24) is 21.3 Å². The lowest BCUT2D eigenvalue weighted by atomic mass is 10.1.